The van der Waals surface area contributed by atoms with Crippen LogP contribution < -0.4 is 5.32 Å². The summed E-state index contributed by atoms with van der Waals surface area (Å²) in [6.07, 6.45) is 0.677. The Balaban J connectivity index is 1.73. The lowest BCUT2D eigenvalue weighted by Gasteiger charge is -2.37. The molecule has 2 rings (SSSR count). The summed E-state index contributed by atoms with van der Waals surface area (Å²) in [5, 5.41) is 2.92. The second-order valence-corrected chi connectivity index (χ2v) is 5.89. The number of nitrogens with zero attached hydrogens (tertiary/aromatic N) is 2. The van der Waals surface area contributed by atoms with E-state index in [1.54, 1.807) is 24.0 Å². The zero-order chi connectivity index (χ0) is 16.8. The fourth-order valence-electron chi connectivity index (χ4n) is 2.72. The number of rotatable bonds is 5. The first kappa shape index (κ1) is 17.4. The standard InChI is InChI=1S/C17H24FN3O2/c1-13(20-9-11-21(12-10-20)14(2)22)17(23)19-8-7-15-3-5-16(18)6-4-15/h3-6,13H,7-12H2,1-2H3,(H,19,23). The number of carbonyl (C=O) groups excluding carboxylic acids is 2. The molecule has 126 valence electrons. The number of amides is 2. The molecule has 23 heavy (non-hydrogen) atoms. The third kappa shape index (κ3) is 5.03. The van der Waals surface area contributed by atoms with Gasteiger partial charge in [0.1, 0.15) is 5.82 Å². The molecule has 1 aliphatic rings. The molecule has 6 heteroatoms. The molecule has 0 spiro atoms. The van der Waals surface area contributed by atoms with E-state index in [0.717, 1.165) is 5.56 Å². The van der Waals surface area contributed by atoms with Gasteiger partial charge in [-0.3, -0.25) is 14.5 Å². The lowest BCUT2D eigenvalue weighted by atomic mass is 10.1. The molecule has 2 amide bonds. The highest BCUT2D eigenvalue weighted by Gasteiger charge is 2.25. The van der Waals surface area contributed by atoms with Crippen molar-refractivity contribution < 1.29 is 14.0 Å². The van der Waals surface area contributed by atoms with E-state index in [1.165, 1.54) is 12.1 Å². The van der Waals surface area contributed by atoms with Gasteiger partial charge in [-0.1, -0.05) is 12.1 Å². The van der Waals surface area contributed by atoms with Crippen LogP contribution in [0.15, 0.2) is 24.3 Å². The van der Waals surface area contributed by atoms with Crippen LogP contribution in [0.25, 0.3) is 0 Å². The maximum Gasteiger partial charge on any atom is 0.237 e. The molecule has 0 radical (unpaired) electrons. The molecule has 1 atom stereocenters. The Morgan fingerprint density at radius 1 is 1.17 bits per heavy atom. The average molecular weight is 321 g/mol. The molecular formula is C17H24FN3O2. The van der Waals surface area contributed by atoms with Gasteiger partial charge >= 0.3 is 0 Å². The highest BCUT2D eigenvalue weighted by molar-refractivity contribution is 5.81. The Bertz CT molecular complexity index is 539. The van der Waals surface area contributed by atoms with E-state index in [2.05, 4.69) is 10.2 Å². The summed E-state index contributed by atoms with van der Waals surface area (Å²) in [6.45, 7) is 6.75. The Morgan fingerprint density at radius 2 is 1.78 bits per heavy atom. The van der Waals surface area contributed by atoms with Crippen molar-refractivity contribution in [1.29, 1.82) is 0 Å². The highest BCUT2D eigenvalue weighted by atomic mass is 19.1. The van der Waals surface area contributed by atoms with Crippen molar-refractivity contribution in [2.45, 2.75) is 26.3 Å². The van der Waals surface area contributed by atoms with Crippen LogP contribution in [-0.4, -0.2) is 60.4 Å². The van der Waals surface area contributed by atoms with Crippen LogP contribution in [0.5, 0.6) is 0 Å². The van der Waals surface area contributed by atoms with E-state index in [-0.39, 0.29) is 23.7 Å². The van der Waals surface area contributed by atoms with E-state index < -0.39 is 0 Å². The molecule has 1 fully saturated rings. The third-order valence-corrected chi connectivity index (χ3v) is 4.31. The molecule has 1 N–H and O–H groups in total. The van der Waals surface area contributed by atoms with Crippen LogP contribution in [0.3, 0.4) is 0 Å². The Hall–Kier alpha value is -1.95. The fraction of sp³-hybridized carbons (Fsp3) is 0.529. The quantitative estimate of drug-likeness (QED) is 0.881. The molecule has 1 saturated heterocycles. The summed E-state index contributed by atoms with van der Waals surface area (Å²) < 4.78 is 12.8. The smallest absolute Gasteiger partial charge is 0.237 e. The normalized spacial score (nSPS) is 16.9. The van der Waals surface area contributed by atoms with Gasteiger partial charge in [0.05, 0.1) is 6.04 Å². The number of hydrogen-bond acceptors (Lipinski definition) is 3. The second kappa shape index (κ2) is 8.06. The molecule has 1 aromatic carbocycles. The number of nitrogens with one attached hydrogen (secondary N) is 1. The first-order valence-corrected chi connectivity index (χ1v) is 7.99. The van der Waals surface area contributed by atoms with Gasteiger partial charge in [0, 0.05) is 39.6 Å². The monoisotopic (exact) mass is 321 g/mol. The molecule has 0 aliphatic carbocycles. The molecule has 0 aromatic heterocycles. The first-order chi connectivity index (χ1) is 11.0. The maximum absolute atomic E-state index is 12.8. The SMILES string of the molecule is CC(=O)N1CCN(C(C)C(=O)NCCc2ccc(F)cc2)CC1. The third-order valence-electron chi connectivity index (χ3n) is 4.31. The predicted octanol–water partition coefficient (Wildman–Crippen LogP) is 1.04. The lowest BCUT2D eigenvalue weighted by molar-refractivity contribution is -0.132. The number of benzene rings is 1. The van der Waals surface area contributed by atoms with E-state index in [1.807, 2.05) is 6.92 Å². The topological polar surface area (TPSA) is 52.7 Å². The molecule has 0 bridgehead atoms. The molecular weight excluding hydrogens is 297 g/mol. The highest BCUT2D eigenvalue weighted by Crippen LogP contribution is 2.07. The van der Waals surface area contributed by atoms with E-state index in [4.69, 9.17) is 0 Å². The minimum atomic E-state index is -0.254. The van der Waals surface area contributed by atoms with Crippen molar-refractivity contribution in [3.05, 3.63) is 35.6 Å². The predicted molar refractivity (Wildman–Crippen MR) is 86.4 cm³/mol. The summed E-state index contributed by atoms with van der Waals surface area (Å²) in [4.78, 5) is 27.4. The van der Waals surface area contributed by atoms with Crippen LogP contribution >= 0.6 is 0 Å². The summed E-state index contributed by atoms with van der Waals surface area (Å²) in [5.41, 5.74) is 0.995. The number of halogens is 1. The van der Waals surface area contributed by atoms with Gasteiger partial charge in [-0.2, -0.15) is 0 Å². The van der Waals surface area contributed by atoms with Crippen LogP contribution in [0.1, 0.15) is 19.4 Å². The lowest BCUT2D eigenvalue weighted by Crippen LogP contribution is -2.54. The Morgan fingerprint density at radius 3 is 2.35 bits per heavy atom. The van der Waals surface area contributed by atoms with Crippen molar-refractivity contribution >= 4 is 11.8 Å². The largest absolute Gasteiger partial charge is 0.354 e. The van der Waals surface area contributed by atoms with Crippen molar-refractivity contribution in [3.8, 4) is 0 Å². The molecule has 5 nitrogen and oxygen atoms in total. The number of piperazine rings is 1. The van der Waals surface area contributed by atoms with Crippen LogP contribution in [-0.2, 0) is 16.0 Å². The Kier molecular flexibility index (Phi) is 6.10. The molecule has 1 heterocycles. The van der Waals surface area contributed by atoms with Crippen LogP contribution in [0.4, 0.5) is 4.39 Å². The Labute approximate surface area is 136 Å². The van der Waals surface area contributed by atoms with Crippen LogP contribution in [0.2, 0.25) is 0 Å². The first-order valence-electron chi connectivity index (χ1n) is 7.99. The van der Waals surface area contributed by atoms with Gasteiger partial charge in [-0.05, 0) is 31.0 Å². The average Bonchev–Trinajstić information content (AvgIpc) is 2.56. The van der Waals surface area contributed by atoms with E-state index in [0.29, 0.717) is 39.1 Å². The summed E-state index contributed by atoms with van der Waals surface area (Å²) >= 11 is 0. The van der Waals surface area contributed by atoms with Gasteiger partial charge < -0.3 is 10.2 Å². The number of carbonyl (C=O) groups is 2. The van der Waals surface area contributed by atoms with Crippen LogP contribution in [0, 0.1) is 5.82 Å². The zero-order valence-electron chi connectivity index (χ0n) is 13.7. The second-order valence-electron chi connectivity index (χ2n) is 5.89. The van der Waals surface area contributed by atoms with Gasteiger partial charge in [-0.15, -0.1) is 0 Å². The van der Waals surface area contributed by atoms with Gasteiger partial charge in [0.25, 0.3) is 0 Å². The molecule has 1 aliphatic heterocycles. The van der Waals surface area contributed by atoms with E-state index in [9.17, 15) is 14.0 Å². The van der Waals surface area contributed by atoms with Gasteiger partial charge in [-0.25, -0.2) is 4.39 Å². The summed E-state index contributed by atoms with van der Waals surface area (Å²) in [6, 6.07) is 6.10. The van der Waals surface area contributed by atoms with Crippen molar-refractivity contribution in [3.63, 3.8) is 0 Å². The number of hydrogen-bond donors (Lipinski definition) is 1. The zero-order valence-corrected chi connectivity index (χ0v) is 13.7. The van der Waals surface area contributed by atoms with Crippen molar-refractivity contribution in [2.75, 3.05) is 32.7 Å². The van der Waals surface area contributed by atoms with Gasteiger partial charge in [0.2, 0.25) is 11.8 Å². The van der Waals surface area contributed by atoms with Gasteiger partial charge in [0.15, 0.2) is 0 Å². The van der Waals surface area contributed by atoms with Crippen molar-refractivity contribution in [2.24, 2.45) is 0 Å². The maximum atomic E-state index is 12.8. The molecule has 1 unspecified atom stereocenters. The fourth-order valence-corrected chi connectivity index (χ4v) is 2.72. The summed E-state index contributed by atoms with van der Waals surface area (Å²) in [7, 11) is 0. The molecule has 0 saturated carbocycles. The minimum absolute atomic E-state index is 0.0108. The molecule has 1 aromatic rings. The summed E-state index contributed by atoms with van der Waals surface area (Å²) in [5.74, 6) is -0.180. The van der Waals surface area contributed by atoms with Crippen molar-refractivity contribution in [1.82, 2.24) is 15.1 Å². The van der Waals surface area contributed by atoms with E-state index >= 15 is 0 Å². The minimum Gasteiger partial charge on any atom is -0.354 e.